The van der Waals surface area contributed by atoms with E-state index in [4.69, 9.17) is 9.84 Å². The maximum Gasteiger partial charge on any atom is 0.335 e. The van der Waals surface area contributed by atoms with Crippen LogP contribution < -0.4 is 10.1 Å². The van der Waals surface area contributed by atoms with Crippen molar-refractivity contribution >= 4 is 49.4 Å². The fraction of sp³-hybridized carbons (Fsp3) is 0.125. The number of anilines is 1. The zero-order valence-corrected chi connectivity index (χ0v) is 15.5. The van der Waals surface area contributed by atoms with Crippen LogP contribution in [0.15, 0.2) is 39.3 Å². The number of aromatic carboxylic acids is 1. The average Bonchev–Trinajstić information content (AvgIpc) is 2.48. The molecule has 5 nitrogen and oxygen atoms in total. The third-order valence-corrected chi connectivity index (χ3v) is 4.23. The van der Waals surface area contributed by atoms with Gasteiger partial charge in [-0.05, 0) is 58.7 Å². The Morgan fingerprint density at radius 3 is 2.43 bits per heavy atom. The molecule has 1 amide bonds. The van der Waals surface area contributed by atoms with Crippen LogP contribution in [0.25, 0.3) is 0 Å². The highest BCUT2D eigenvalue weighted by molar-refractivity contribution is 9.11. The number of methoxy groups -OCH3 is 1. The van der Waals surface area contributed by atoms with Crippen molar-refractivity contribution in [1.82, 2.24) is 0 Å². The molecule has 23 heavy (non-hydrogen) atoms. The lowest BCUT2D eigenvalue weighted by atomic mass is 10.1. The van der Waals surface area contributed by atoms with Gasteiger partial charge in [-0.3, -0.25) is 4.79 Å². The van der Waals surface area contributed by atoms with Crippen molar-refractivity contribution in [3.05, 3.63) is 56.0 Å². The zero-order valence-electron chi connectivity index (χ0n) is 12.3. The third kappa shape index (κ3) is 3.92. The Morgan fingerprint density at radius 2 is 1.87 bits per heavy atom. The van der Waals surface area contributed by atoms with Gasteiger partial charge < -0.3 is 15.2 Å². The second kappa shape index (κ2) is 7.14. The van der Waals surface area contributed by atoms with Crippen molar-refractivity contribution in [3.63, 3.8) is 0 Å². The molecule has 2 aromatic rings. The van der Waals surface area contributed by atoms with Crippen LogP contribution in [-0.2, 0) is 0 Å². The number of amides is 1. The summed E-state index contributed by atoms with van der Waals surface area (Å²) in [6, 6.07) is 7.95. The SMILES string of the molecule is COc1c(Br)cc(Br)cc1C(=O)Nc1ccc(C(=O)O)cc1C. The predicted molar refractivity (Wildman–Crippen MR) is 94.5 cm³/mol. The molecule has 120 valence electrons. The summed E-state index contributed by atoms with van der Waals surface area (Å²) < 4.78 is 6.64. The first kappa shape index (κ1) is 17.5. The number of hydrogen-bond acceptors (Lipinski definition) is 3. The summed E-state index contributed by atoms with van der Waals surface area (Å²) >= 11 is 6.69. The minimum atomic E-state index is -1.01. The molecular formula is C16H13Br2NO4. The van der Waals surface area contributed by atoms with Gasteiger partial charge in [-0.2, -0.15) is 0 Å². The van der Waals surface area contributed by atoms with Crippen LogP contribution in [0.2, 0.25) is 0 Å². The lowest BCUT2D eigenvalue weighted by molar-refractivity contribution is 0.0696. The summed E-state index contributed by atoms with van der Waals surface area (Å²) in [5, 5.41) is 11.7. The number of carboxylic acid groups (broad SMARTS) is 1. The van der Waals surface area contributed by atoms with Crippen molar-refractivity contribution in [3.8, 4) is 5.75 Å². The number of aryl methyl sites for hydroxylation is 1. The summed E-state index contributed by atoms with van der Waals surface area (Å²) in [5.41, 5.74) is 1.73. The standard InChI is InChI=1S/C16H13Br2NO4/c1-8-5-9(16(21)22)3-4-13(8)19-15(20)11-6-10(17)7-12(18)14(11)23-2/h3-7H,1-2H3,(H,19,20)(H,21,22). The van der Waals surface area contributed by atoms with Gasteiger partial charge in [-0.15, -0.1) is 0 Å². The van der Waals surface area contributed by atoms with Gasteiger partial charge in [-0.1, -0.05) is 15.9 Å². The quantitative estimate of drug-likeness (QED) is 0.731. The van der Waals surface area contributed by atoms with Gasteiger partial charge in [0.2, 0.25) is 0 Å². The molecule has 0 aliphatic rings. The minimum Gasteiger partial charge on any atom is -0.495 e. The van der Waals surface area contributed by atoms with Crippen LogP contribution in [0, 0.1) is 6.92 Å². The number of carbonyl (C=O) groups is 2. The molecule has 0 saturated heterocycles. The van der Waals surface area contributed by atoms with Gasteiger partial charge in [-0.25, -0.2) is 4.79 Å². The van der Waals surface area contributed by atoms with Crippen LogP contribution in [0.4, 0.5) is 5.69 Å². The Morgan fingerprint density at radius 1 is 1.17 bits per heavy atom. The van der Waals surface area contributed by atoms with Crippen molar-refractivity contribution in [2.24, 2.45) is 0 Å². The van der Waals surface area contributed by atoms with E-state index in [0.717, 1.165) is 4.47 Å². The molecule has 0 fully saturated rings. The second-order valence-corrected chi connectivity index (χ2v) is 6.53. The molecule has 0 heterocycles. The zero-order chi connectivity index (χ0) is 17.1. The molecule has 0 aromatic heterocycles. The molecule has 0 bridgehead atoms. The van der Waals surface area contributed by atoms with E-state index in [-0.39, 0.29) is 11.5 Å². The highest BCUT2D eigenvalue weighted by Gasteiger charge is 2.17. The number of carbonyl (C=O) groups excluding carboxylic acids is 1. The number of nitrogens with one attached hydrogen (secondary N) is 1. The fourth-order valence-electron chi connectivity index (χ4n) is 2.06. The monoisotopic (exact) mass is 441 g/mol. The first-order valence-electron chi connectivity index (χ1n) is 6.51. The molecule has 0 radical (unpaired) electrons. The molecule has 7 heteroatoms. The molecule has 0 aliphatic carbocycles. The maximum atomic E-state index is 12.5. The first-order chi connectivity index (χ1) is 10.8. The molecule has 0 atom stereocenters. The summed E-state index contributed by atoms with van der Waals surface area (Å²) in [5.74, 6) is -0.941. The molecule has 2 rings (SSSR count). The summed E-state index contributed by atoms with van der Waals surface area (Å²) in [7, 11) is 1.48. The van der Waals surface area contributed by atoms with E-state index in [9.17, 15) is 9.59 Å². The molecule has 2 N–H and O–H groups in total. The van der Waals surface area contributed by atoms with Gasteiger partial charge in [0.1, 0.15) is 5.75 Å². The van der Waals surface area contributed by atoms with Gasteiger partial charge in [0.05, 0.1) is 22.7 Å². The highest BCUT2D eigenvalue weighted by atomic mass is 79.9. The van der Waals surface area contributed by atoms with E-state index in [2.05, 4.69) is 37.2 Å². The second-order valence-electron chi connectivity index (χ2n) is 4.76. The van der Waals surface area contributed by atoms with Crippen LogP contribution in [0.3, 0.4) is 0 Å². The number of halogens is 2. The number of rotatable bonds is 4. The molecule has 0 spiro atoms. The normalized spacial score (nSPS) is 10.3. The smallest absolute Gasteiger partial charge is 0.335 e. The predicted octanol–water partition coefficient (Wildman–Crippen LogP) is 4.48. The number of carboxylic acids is 1. The van der Waals surface area contributed by atoms with E-state index in [1.165, 1.54) is 19.2 Å². The third-order valence-electron chi connectivity index (χ3n) is 3.18. The Hall–Kier alpha value is -1.86. The van der Waals surface area contributed by atoms with Crippen LogP contribution >= 0.6 is 31.9 Å². The molecule has 2 aromatic carbocycles. The largest absolute Gasteiger partial charge is 0.495 e. The number of benzene rings is 2. The molecule has 0 aliphatic heterocycles. The average molecular weight is 443 g/mol. The van der Waals surface area contributed by atoms with Gasteiger partial charge in [0, 0.05) is 10.2 Å². The van der Waals surface area contributed by atoms with Gasteiger partial charge in [0.25, 0.3) is 5.91 Å². The molecular weight excluding hydrogens is 430 g/mol. The number of hydrogen-bond donors (Lipinski definition) is 2. The Kier molecular flexibility index (Phi) is 5.43. The van der Waals surface area contributed by atoms with Crippen molar-refractivity contribution in [2.75, 3.05) is 12.4 Å². The number of ether oxygens (including phenoxy) is 1. The van der Waals surface area contributed by atoms with E-state index in [0.29, 0.717) is 27.0 Å². The lowest BCUT2D eigenvalue weighted by Gasteiger charge is -2.13. The highest BCUT2D eigenvalue weighted by Crippen LogP contribution is 2.33. The lowest BCUT2D eigenvalue weighted by Crippen LogP contribution is -2.14. The summed E-state index contributed by atoms with van der Waals surface area (Å²) in [6.07, 6.45) is 0. The van der Waals surface area contributed by atoms with Crippen LogP contribution in [0.1, 0.15) is 26.3 Å². The molecule has 0 saturated carbocycles. The van der Waals surface area contributed by atoms with Crippen LogP contribution in [0.5, 0.6) is 5.75 Å². The summed E-state index contributed by atoms with van der Waals surface area (Å²) in [6.45, 7) is 1.73. The Balaban J connectivity index is 2.35. The Labute approximate surface area is 149 Å². The first-order valence-corrected chi connectivity index (χ1v) is 8.10. The van der Waals surface area contributed by atoms with Gasteiger partial charge >= 0.3 is 5.97 Å². The van der Waals surface area contributed by atoms with E-state index < -0.39 is 5.97 Å². The topological polar surface area (TPSA) is 75.6 Å². The van der Waals surface area contributed by atoms with E-state index in [1.807, 2.05) is 0 Å². The van der Waals surface area contributed by atoms with E-state index >= 15 is 0 Å². The molecule has 0 unspecified atom stereocenters. The fourth-order valence-corrected chi connectivity index (χ4v) is 3.45. The maximum absolute atomic E-state index is 12.5. The summed E-state index contributed by atoms with van der Waals surface area (Å²) in [4.78, 5) is 23.5. The Bertz CT molecular complexity index is 790. The minimum absolute atomic E-state index is 0.170. The van der Waals surface area contributed by atoms with E-state index in [1.54, 1.807) is 25.1 Å². The van der Waals surface area contributed by atoms with Crippen molar-refractivity contribution in [2.45, 2.75) is 6.92 Å². The van der Waals surface area contributed by atoms with Gasteiger partial charge in [0.15, 0.2) is 0 Å². The van der Waals surface area contributed by atoms with Crippen LogP contribution in [-0.4, -0.2) is 24.1 Å². The van der Waals surface area contributed by atoms with Crippen molar-refractivity contribution < 1.29 is 19.4 Å². The van der Waals surface area contributed by atoms with Crippen molar-refractivity contribution in [1.29, 1.82) is 0 Å².